The molecule has 1 saturated carbocycles. The lowest BCUT2D eigenvalue weighted by atomic mass is 9.88. The molecular formula is C26H33N3O2. The molecule has 31 heavy (non-hydrogen) atoms. The van der Waals surface area contributed by atoms with E-state index in [4.69, 9.17) is 0 Å². The van der Waals surface area contributed by atoms with Gasteiger partial charge in [-0.05, 0) is 73.8 Å². The molecule has 5 nitrogen and oxygen atoms in total. The van der Waals surface area contributed by atoms with Crippen molar-refractivity contribution in [2.45, 2.75) is 63.5 Å². The standard InChI is InChI=1S/C26H33N3O2/c30-24-16-23(17-24)28-13-9-20-5-3-19(15-21(20)10-14-28)4-7-25(31)22-6-8-26(27-18-22)29-11-1-2-12-29/h3,5-6,8,15,18,23-24,30H,1-2,4,7,9-14,16-17H2. The van der Waals surface area contributed by atoms with Gasteiger partial charge in [0.1, 0.15) is 5.82 Å². The van der Waals surface area contributed by atoms with Crippen LogP contribution in [0.25, 0.3) is 0 Å². The number of aliphatic hydroxyl groups is 1. The summed E-state index contributed by atoms with van der Waals surface area (Å²) in [5.74, 6) is 1.16. The van der Waals surface area contributed by atoms with Gasteiger partial charge in [0.15, 0.2) is 5.78 Å². The Morgan fingerprint density at radius 2 is 1.77 bits per heavy atom. The molecule has 2 aliphatic heterocycles. The van der Waals surface area contributed by atoms with Gasteiger partial charge in [-0.1, -0.05) is 18.2 Å². The van der Waals surface area contributed by atoms with Crippen molar-refractivity contribution in [3.05, 3.63) is 58.8 Å². The number of carbonyl (C=O) groups is 1. The molecule has 1 aromatic carbocycles. The van der Waals surface area contributed by atoms with Crippen molar-refractivity contribution in [2.75, 3.05) is 31.1 Å². The molecule has 1 saturated heterocycles. The molecule has 0 atom stereocenters. The van der Waals surface area contributed by atoms with Crippen LogP contribution in [0.3, 0.4) is 0 Å². The van der Waals surface area contributed by atoms with Crippen molar-refractivity contribution in [3.8, 4) is 0 Å². The van der Waals surface area contributed by atoms with Gasteiger partial charge in [-0.15, -0.1) is 0 Å². The first kappa shape index (κ1) is 20.7. The number of ketones is 1. The van der Waals surface area contributed by atoms with Gasteiger partial charge in [-0.3, -0.25) is 9.69 Å². The Morgan fingerprint density at radius 3 is 2.48 bits per heavy atom. The van der Waals surface area contributed by atoms with Crippen LogP contribution in [0.5, 0.6) is 0 Å². The van der Waals surface area contributed by atoms with Gasteiger partial charge in [0.25, 0.3) is 0 Å². The Bertz CT molecular complexity index is 915. The fraction of sp³-hybridized carbons (Fsp3) is 0.538. The number of anilines is 1. The molecule has 2 aromatic rings. The van der Waals surface area contributed by atoms with Gasteiger partial charge in [-0.2, -0.15) is 0 Å². The summed E-state index contributed by atoms with van der Waals surface area (Å²) < 4.78 is 0. The molecule has 0 radical (unpaired) electrons. The molecule has 5 heteroatoms. The van der Waals surface area contributed by atoms with E-state index in [2.05, 4.69) is 33.0 Å². The number of fused-ring (bicyclic) bond motifs is 1. The zero-order valence-corrected chi connectivity index (χ0v) is 18.3. The highest BCUT2D eigenvalue weighted by Crippen LogP contribution is 2.28. The van der Waals surface area contributed by atoms with E-state index >= 15 is 0 Å². The summed E-state index contributed by atoms with van der Waals surface area (Å²) >= 11 is 0. The highest BCUT2D eigenvalue weighted by atomic mass is 16.3. The van der Waals surface area contributed by atoms with Crippen molar-refractivity contribution >= 4 is 11.6 Å². The summed E-state index contributed by atoms with van der Waals surface area (Å²) in [4.78, 5) is 22.1. The highest BCUT2D eigenvalue weighted by molar-refractivity contribution is 5.96. The van der Waals surface area contributed by atoms with Crippen LogP contribution < -0.4 is 4.90 Å². The first-order valence-corrected chi connectivity index (χ1v) is 11.9. The third-order valence-electron chi connectivity index (χ3n) is 7.35. The van der Waals surface area contributed by atoms with E-state index in [1.165, 1.54) is 29.5 Å². The Balaban J connectivity index is 1.16. The predicted octanol–water partition coefficient (Wildman–Crippen LogP) is 3.42. The van der Waals surface area contributed by atoms with Crippen LogP contribution in [0, 0.1) is 0 Å². The lowest BCUT2D eigenvalue weighted by molar-refractivity contribution is 0.00334. The lowest BCUT2D eigenvalue weighted by Gasteiger charge is -2.40. The second-order valence-corrected chi connectivity index (χ2v) is 9.44. The molecule has 1 N–H and O–H groups in total. The Labute approximate surface area is 185 Å². The maximum absolute atomic E-state index is 12.7. The van der Waals surface area contributed by atoms with E-state index in [0.717, 1.165) is 69.7 Å². The number of rotatable bonds is 6. The monoisotopic (exact) mass is 419 g/mol. The smallest absolute Gasteiger partial charge is 0.164 e. The highest BCUT2D eigenvalue weighted by Gasteiger charge is 2.32. The number of Topliss-reactive ketones (excluding diaryl/α,β-unsaturated/α-hetero) is 1. The third kappa shape index (κ3) is 4.68. The van der Waals surface area contributed by atoms with E-state index in [1.54, 1.807) is 6.20 Å². The SMILES string of the molecule is O=C(CCc1ccc2c(c1)CCN(C1CC(O)C1)CC2)c1ccc(N2CCCC2)nc1. The first-order chi connectivity index (χ1) is 15.2. The summed E-state index contributed by atoms with van der Waals surface area (Å²) in [7, 11) is 0. The molecule has 0 bridgehead atoms. The second kappa shape index (κ2) is 9.09. The minimum absolute atomic E-state index is 0.0913. The van der Waals surface area contributed by atoms with Crippen LogP contribution in [0.2, 0.25) is 0 Å². The first-order valence-electron chi connectivity index (χ1n) is 11.9. The van der Waals surface area contributed by atoms with Crippen molar-refractivity contribution in [1.82, 2.24) is 9.88 Å². The minimum Gasteiger partial charge on any atom is -0.393 e. The van der Waals surface area contributed by atoms with Crippen LogP contribution in [0.15, 0.2) is 36.5 Å². The maximum Gasteiger partial charge on any atom is 0.164 e. The van der Waals surface area contributed by atoms with E-state index in [0.29, 0.717) is 12.5 Å². The van der Waals surface area contributed by atoms with Crippen LogP contribution in [-0.4, -0.2) is 59.1 Å². The molecule has 1 aliphatic carbocycles. The average molecular weight is 420 g/mol. The fourth-order valence-corrected chi connectivity index (χ4v) is 5.26. The molecule has 0 spiro atoms. The zero-order valence-electron chi connectivity index (χ0n) is 18.3. The molecule has 0 amide bonds. The number of carbonyl (C=O) groups excluding carboxylic acids is 1. The van der Waals surface area contributed by atoms with E-state index in [9.17, 15) is 9.90 Å². The van der Waals surface area contributed by atoms with Gasteiger partial charge in [0.2, 0.25) is 0 Å². The van der Waals surface area contributed by atoms with Gasteiger partial charge >= 0.3 is 0 Å². The lowest BCUT2D eigenvalue weighted by Crippen LogP contribution is -2.48. The normalized spacial score (nSPS) is 23.8. The predicted molar refractivity (Wildman–Crippen MR) is 123 cm³/mol. The van der Waals surface area contributed by atoms with E-state index < -0.39 is 0 Å². The molecule has 0 unspecified atom stereocenters. The summed E-state index contributed by atoms with van der Waals surface area (Å²) in [6.45, 7) is 4.29. The van der Waals surface area contributed by atoms with Gasteiger partial charge in [0, 0.05) is 50.4 Å². The minimum atomic E-state index is -0.0913. The third-order valence-corrected chi connectivity index (χ3v) is 7.35. The zero-order chi connectivity index (χ0) is 21.2. The number of aliphatic hydroxyl groups excluding tert-OH is 1. The van der Waals surface area contributed by atoms with E-state index in [1.807, 2.05) is 12.1 Å². The Morgan fingerprint density at radius 1 is 1.00 bits per heavy atom. The fourth-order valence-electron chi connectivity index (χ4n) is 5.26. The quantitative estimate of drug-likeness (QED) is 0.727. The molecule has 3 heterocycles. The molecule has 1 aromatic heterocycles. The Hall–Kier alpha value is -2.24. The average Bonchev–Trinajstić information content (AvgIpc) is 3.23. The molecular weight excluding hydrogens is 386 g/mol. The van der Waals surface area contributed by atoms with Crippen LogP contribution in [0.1, 0.15) is 59.2 Å². The van der Waals surface area contributed by atoms with Crippen molar-refractivity contribution in [2.24, 2.45) is 0 Å². The number of hydrogen-bond donors (Lipinski definition) is 1. The number of pyridine rings is 1. The topological polar surface area (TPSA) is 56.7 Å². The molecule has 5 rings (SSSR count). The van der Waals surface area contributed by atoms with Crippen LogP contribution >= 0.6 is 0 Å². The van der Waals surface area contributed by atoms with Crippen LogP contribution in [-0.2, 0) is 19.3 Å². The van der Waals surface area contributed by atoms with Gasteiger partial charge < -0.3 is 10.0 Å². The Kier molecular flexibility index (Phi) is 6.06. The number of benzene rings is 1. The molecule has 2 fully saturated rings. The van der Waals surface area contributed by atoms with Crippen LogP contribution in [0.4, 0.5) is 5.82 Å². The maximum atomic E-state index is 12.7. The van der Waals surface area contributed by atoms with Crippen molar-refractivity contribution < 1.29 is 9.90 Å². The summed E-state index contributed by atoms with van der Waals surface area (Å²) in [5, 5.41) is 9.62. The van der Waals surface area contributed by atoms with Crippen molar-refractivity contribution in [3.63, 3.8) is 0 Å². The molecule has 164 valence electrons. The van der Waals surface area contributed by atoms with Crippen molar-refractivity contribution in [1.29, 1.82) is 0 Å². The second-order valence-electron chi connectivity index (χ2n) is 9.44. The number of hydrogen-bond acceptors (Lipinski definition) is 5. The molecule has 3 aliphatic rings. The summed E-state index contributed by atoms with van der Waals surface area (Å²) in [6, 6.07) is 11.3. The largest absolute Gasteiger partial charge is 0.393 e. The van der Waals surface area contributed by atoms with E-state index in [-0.39, 0.29) is 11.9 Å². The summed E-state index contributed by atoms with van der Waals surface area (Å²) in [5.41, 5.74) is 4.85. The van der Waals surface area contributed by atoms with Gasteiger partial charge in [0.05, 0.1) is 6.10 Å². The summed E-state index contributed by atoms with van der Waals surface area (Å²) in [6.07, 6.45) is 9.41. The van der Waals surface area contributed by atoms with Gasteiger partial charge in [-0.25, -0.2) is 4.98 Å². The number of nitrogens with zero attached hydrogens (tertiary/aromatic N) is 3. The number of aryl methyl sites for hydroxylation is 1. The number of aromatic nitrogens is 1.